The lowest BCUT2D eigenvalue weighted by molar-refractivity contribution is 0.297. The first-order valence-electron chi connectivity index (χ1n) is 7.06. The summed E-state index contributed by atoms with van der Waals surface area (Å²) in [5.41, 5.74) is 9.69. The molecule has 21 heavy (non-hydrogen) atoms. The molecular weight excluding hydrogens is 330 g/mol. The average molecular weight is 348 g/mol. The molecule has 2 aromatic rings. The van der Waals surface area contributed by atoms with Crippen molar-refractivity contribution in [2.75, 3.05) is 13.2 Å². The van der Waals surface area contributed by atoms with E-state index in [1.807, 2.05) is 30.3 Å². The molecule has 2 N–H and O–H groups in total. The van der Waals surface area contributed by atoms with Crippen LogP contribution in [0.3, 0.4) is 0 Å². The van der Waals surface area contributed by atoms with E-state index in [-0.39, 0.29) is 6.04 Å². The van der Waals surface area contributed by atoms with Gasteiger partial charge in [-0.1, -0.05) is 34.1 Å². The highest BCUT2D eigenvalue weighted by Crippen LogP contribution is 2.33. The van der Waals surface area contributed by atoms with E-state index >= 15 is 0 Å². The molecular formula is C17H18BrNO2. The molecule has 1 aliphatic heterocycles. The van der Waals surface area contributed by atoms with Crippen LogP contribution >= 0.6 is 15.9 Å². The van der Waals surface area contributed by atoms with Crippen LogP contribution < -0.4 is 15.2 Å². The van der Waals surface area contributed by atoms with Gasteiger partial charge in [0.25, 0.3) is 0 Å². The summed E-state index contributed by atoms with van der Waals surface area (Å²) in [7, 11) is 0. The normalized spacial score (nSPS) is 15.4. The lowest BCUT2D eigenvalue weighted by Gasteiger charge is -2.16. The molecule has 3 rings (SSSR count). The Hall–Kier alpha value is -1.52. The molecule has 1 aliphatic rings. The standard InChI is InChI=1S/C17H18BrNO2/c1-11-9-12(3-5-14(11)18)17(19)13-4-6-15-16(10-13)21-8-2-7-20-15/h3-6,9-10,17H,2,7-8,19H2,1H3. The van der Waals surface area contributed by atoms with Crippen molar-refractivity contribution in [2.45, 2.75) is 19.4 Å². The van der Waals surface area contributed by atoms with Gasteiger partial charge >= 0.3 is 0 Å². The number of fused-ring (bicyclic) bond motifs is 1. The van der Waals surface area contributed by atoms with Gasteiger partial charge in [-0.25, -0.2) is 0 Å². The molecule has 2 aromatic carbocycles. The molecule has 0 fully saturated rings. The van der Waals surface area contributed by atoms with Crippen molar-refractivity contribution in [1.29, 1.82) is 0 Å². The predicted octanol–water partition coefficient (Wildman–Crippen LogP) is 3.97. The predicted molar refractivity (Wildman–Crippen MR) is 87.0 cm³/mol. The Morgan fingerprint density at radius 2 is 1.67 bits per heavy atom. The number of hydrogen-bond donors (Lipinski definition) is 1. The number of ether oxygens (including phenoxy) is 2. The molecule has 1 atom stereocenters. The van der Waals surface area contributed by atoms with Crippen molar-refractivity contribution >= 4 is 15.9 Å². The molecule has 110 valence electrons. The molecule has 0 aliphatic carbocycles. The fraction of sp³-hybridized carbons (Fsp3) is 0.294. The molecule has 0 saturated heterocycles. The Morgan fingerprint density at radius 1 is 1.00 bits per heavy atom. The van der Waals surface area contributed by atoms with Crippen molar-refractivity contribution in [2.24, 2.45) is 5.73 Å². The van der Waals surface area contributed by atoms with Crippen molar-refractivity contribution < 1.29 is 9.47 Å². The van der Waals surface area contributed by atoms with E-state index < -0.39 is 0 Å². The Morgan fingerprint density at radius 3 is 2.43 bits per heavy atom. The number of nitrogens with two attached hydrogens (primary N) is 1. The quantitative estimate of drug-likeness (QED) is 0.893. The molecule has 0 saturated carbocycles. The van der Waals surface area contributed by atoms with E-state index in [1.165, 1.54) is 5.56 Å². The lowest BCUT2D eigenvalue weighted by atomic mass is 9.98. The first-order valence-corrected chi connectivity index (χ1v) is 7.85. The van der Waals surface area contributed by atoms with Crippen LogP contribution in [0, 0.1) is 6.92 Å². The van der Waals surface area contributed by atoms with Gasteiger partial charge in [-0.3, -0.25) is 0 Å². The highest BCUT2D eigenvalue weighted by molar-refractivity contribution is 9.10. The minimum absolute atomic E-state index is 0.172. The Kier molecular flexibility index (Phi) is 4.17. The molecule has 1 heterocycles. The maximum atomic E-state index is 6.40. The topological polar surface area (TPSA) is 44.5 Å². The summed E-state index contributed by atoms with van der Waals surface area (Å²) in [5, 5.41) is 0. The third-order valence-electron chi connectivity index (χ3n) is 3.67. The number of aryl methyl sites for hydroxylation is 1. The van der Waals surface area contributed by atoms with Crippen LogP contribution in [0.2, 0.25) is 0 Å². The minimum atomic E-state index is -0.172. The average Bonchev–Trinajstić information content (AvgIpc) is 2.73. The maximum absolute atomic E-state index is 6.40. The Bertz CT molecular complexity index is 657. The zero-order valence-electron chi connectivity index (χ0n) is 11.9. The summed E-state index contributed by atoms with van der Waals surface area (Å²) >= 11 is 3.52. The van der Waals surface area contributed by atoms with Crippen molar-refractivity contribution in [3.63, 3.8) is 0 Å². The summed E-state index contributed by atoms with van der Waals surface area (Å²) < 4.78 is 12.5. The highest BCUT2D eigenvalue weighted by atomic mass is 79.9. The fourth-order valence-electron chi connectivity index (χ4n) is 2.43. The van der Waals surface area contributed by atoms with Gasteiger partial charge in [0.1, 0.15) is 0 Å². The van der Waals surface area contributed by atoms with Gasteiger partial charge in [0, 0.05) is 10.9 Å². The van der Waals surface area contributed by atoms with Crippen LogP contribution in [0.15, 0.2) is 40.9 Å². The van der Waals surface area contributed by atoms with Gasteiger partial charge in [0.05, 0.1) is 19.3 Å². The Balaban J connectivity index is 1.92. The van der Waals surface area contributed by atoms with Crippen LogP contribution in [0.1, 0.15) is 29.2 Å². The third kappa shape index (κ3) is 3.06. The van der Waals surface area contributed by atoms with Crippen LogP contribution in [0.4, 0.5) is 0 Å². The zero-order valence-corrected chi connectivity index (χ0v) is 13.5. The second kappa shape index (κ2) is 6.08. The summed E-state index contributed by atoms with van der Waals surface area (Å²) in [6.07, 6.45) is 0.905. The third-order valence-corrected chi connectivity index (χ3v) is 4.56. The summed E-state index contributed by atoms with van der Waals surface area (Å²) in [6.45, 7) is 3.45. The molecule has 4 heteroatoms. The van der Waals surface area contributed by atoms with Gasteiger partial charge in [0.15, 0.2) is 11.5 Å². The zero-order chi connectivity index (χ0) is 14.8. The van der Waals surface area contributed by atoms with Crippen molar-refractivity contribution in [1.82, 2.24) is 0 Å². The number of rotatable bonds is 2. The van der Waals surface area contributed by atoms with Crippen molar-refractivity contribution in [3.05, 3.63) is 57.6 Å². The van der Waals surface area contributed by atoms with Crippen LogP contribution in [-0.4, -0.2) is 13.2 Å². The van der Waals surface area contributed by atoms with Gasteiger partial charge < -0.3 is 15.2 Å². The number of hydrogen-bond acceptors (Lipinski definition) is 3. The first kappa shape index (κ1) is 14.4. The highest BCUT2D eigenvalue weighted by Gasteiger charge is 2.15. The number of benzene rings is 2. The first-order chi connectivity index (χ1) is 10.1. The van der Waals surface area contributed by atoms with Crippen LogP contribution in [0.25, 0.3) is 0 Å². The molecule has 0 spiro atoms. The van der Waals surface area contributed by atoms with Gasteiger partial charge in [0.2, 0.25) is 0 Å². The van der Waals surface area contributed by atoms with E-state index in [0.717, 1.165) is 33.5 Å². The Labute approximate surface area is 133 Å². The van der Waals surface area contributed by atoms with Gasteiger partial charge in [-0.15, -0.1) is 0 Å². The molecule has 1 unspecified atom stereocenters. The summed E-state index contributed by atoms with van der Waals surface area (Å²) in [6, 6.07) is 12.0. The summed E-state index contributed by atoms with van der Waals surface area (Å²) in [5.74, 6) is 1.59. The molecule has 0 bridgehead atoms. The van der Waals surface area contributed by atoms with E-state index in [9.17, 15) is 0 Å². The van der Waals surface area contributed by atoms with Gasteiger partial charge in [-0.2, -0.15) is 0 Å². The molecule has 3 nitrogen and oxygen atoms in total. The maximum Gasteiger partial charge on any atom is 0.161 e. The smallest absolute Gasteiger partial charge is 0.161 e. The largest absolute Gasteiger partial charge is 0.490 e. The van der Waals surface area contributed by atoms with Crippen LogP contribution in [-0.2, 0) is 0 Å². The second-order valence-corrected chi connectivity index (χ2v) is 6.10. The van der Waals surface area contributed by atoms with E-state index in [2.05, 4.69) is 28.9 Å². The minimum Gasteiger partial charge on any atom is -0.490 e. The molecule has 0 amide bonds. The van der Waals surface area contributed by atoms with E-state index in [0.29, 0.717) is 13.2 Å². The van der Waals surface area contributed by atoms with Crippen LogP contribution in [0.5, 0.6) is 11.5 Å². The fourth-order valence-corrected chi connectivity index (χ4v) is 2.67. The second-order valence-electron chi connectivity index (χ2n) is 5.24. The van der Waals surface area contributed by atoms with E-state index in [1.54, 1.807) is 0 Å². The number of halogens is 1. The van der Waals surface area contributed by atoms with Crippen molar-refractivity contribution in [3.8, 4) is 11.5 Å². The summed E-state index contributed by atoms with van der Waals surface area (Å²) in [4.78, 5) is 0. The molecule has 0 aromatic heterocycles. The lowest BCUT2D eigenvalue weighted by Crippen LogP contribution is -2.12. The van der Waals surface area contributed by atoms with Gasteiger partial charge in [-0.05, 0) is 41.8 Å². The monoisotopic (exact) mass is 347 g/mol. The molecule has 0 radical (unpaired) electrons. The SMILES string of the molecule is Cc1cc(C(N)c2ccc3c(c2)OCCCO3)ccc1Br. The van der Waals surface area contributed by atoms with E-state index in [4.69, 9.17) is 15.2 Å².